The van der Waals surface area contributed by atoms with Gasteiger partial charge in [-0.3, -0.25) is 0 Å². The fourth-order valence-corrected chi connectivity index (χ4v) is 1.36. The van der Waals surface area contributed by atoms with Crippen LogP contribution in [-0.4, -0.2) is 32.2 Å². The molecule has 0 bridgehead atoms. The summed E-state index contributed by atoms with van der Waals surface area (Å²) in [6.45, 7) is 0. The van der Waals surface area contributed by atoms with Crippen LogP contribution in [0.5, 0.6) is 5.75 Å². The highest BCUT2D eigenvalue weighted by atomic mass is 16.5. The maximum Gasteiger partial charge on any atom is 0.171 e. The fourth-order valence-electron chi connectivity index (χ4n) is 1.36. The van der Waals surface area contributed by atoms with E-state index in [0.29, 0.717) is 6.10 Å². The van der Waals surface area contributed by atoms with E-state index in [1.807, 2.05) is 38.3 Å². The molecular weight excluding hydrogens is 190 g/mol. The zero-order chi connectivity index (χ0) is 10.8. The molecule has 1 N–H and O–H groups in total. The molecule has 0 atom stereocenters. The second-order valence-corrected chi connectivity index (χ2v) is 4.01. The Morgan fingerprint density at radius 1 is 1.47 bits per heavy atom. The van der Waals surface area contributed by atoms with Crippen molar-refractivity contribution >= 4 is 11.5 Å². The number of aromatic nitrogens is 1. The minimum atomic E-state index is 0.401. The number of pyridine rings is 1. The summed E-state index contributed by atoms with van der Waals surface area (Å²) in [4.78, 5) is 6.34. The molecule has 4 nitrogen and oxygen atoms in total. The lowest BCUT2D eigenvalue weighted by Crippen LogP contribution is -2.13. The predicted molar refractivity (Wildman–Crippen MR) is 61.8 cm³/mol. The molecule has 82 valence electrons. The van der Waals surface area contributed by atoms with Gasteiger partial charge in [0.05, 0.1) is 18.0 Å². The van der Waals surface area contributed by atoms with Crippen LogP contribution >= 0.6 is 0 Å². The number of anilines is 2. The maximum atomic E-state index is 5.82. The van der Waals surface area contributed by atoms with E-state index in [9.17, 15) is 0 Å². The third-order valence-electron chi connectivity index (χ3n) is 2.36. The average Bonchev–Trinajstić information content (AvgIpc) is 3.01. The fraction of sp³-hybridized carbons (Fsp3) is 0.545. The zero-order valence-electron chi connectivity index (χ0n) is 9.45. The van der Waals surface area contributed by atoms with Crippen LogP contribution in [0.1, 0.15) is 12.8 Å². The summed E-state index contributed by atoms with van der Waals surface area (Å²) in [5, 5.41) is 3.07. The summed E-state index contributed by atoms with van der Waals surface area (Å²) in [6, 6.07) is 2.00. The molecule has 2 rings (SSSR count). The Labute approximate surface area is 90.3 Å². The van der Waals surface area contributed by atoms with E-state index in [2.05, 4.69) is 10.3 Å². The molecule has 1 fully saturated rings. The molecule has 1 heterocycles. The Hall–Kier alpha value is -1.45. The van der Waals surface area contributed by atoms with Crippen molar-refractivity contribution in [2.45, 2.75) is 18.9 Å². The molecule has 0 radical (unpaired) electrons. The van der Waals surface area contributed by atoms with E-state index in [0.717, 1.165) is 30.1 Å². The van der Waals surface area contributed by atoms with Gasteiger partial charge in [-0.2, -0.15) is 0 Å². The van der Waals surface area contributed by atoms with Gasteiger partial charge in [-0.1, -0.05) is 0 Å². The Kier molecular flexibility index (Phi) is 2.66. The van der Waals surface area contributed by atoms with Gasteiger partial charge in [0.25, 0.3) is 0 Å². The standard InChI is InChI=1S/C11H17N3O/c1-12-8-6-10(15-9-4-5-9)11(13-7-8)14(2)3/h6-7,9,12H,4-5H2,1-3H3. The van der Waals surface area contributed by atoms with Crippen molar-refractivity contribution in [3.05, 3.63) is 12.3 Å². The molecule has 0 aliphatic heterocycles. The van der Waals surface area contributed by atoms with Gasteiger partial charge in [-0.05, 0) is 12.8 Å². The molecule has 1 aliphatic rings. The van der Waals surface area contributed by atoms with Crippen LogP contribution in [0.25, 0.3) is 0 Å². The first-order valence-electron chi connectivity index (χ1n) is 5.22. The van der Waals surface area contributed by atoms with E-state index in [4.69, 9.17) is 4.74 Å². The van der Waals surface area contributed by atoms with E-state index in [-0.39, 0.29) is 0 Å². The van der Waals surface area contributed by atoms with Gasteiger partial charge in [0.15, 0.2) is 11.6 Å². The first-order valence-corrected chi connectivity index (χ1v) is 5.22. The zero-order valence-corrected chi connectivity index (χ0v) is 9.45. The lowest BCUT2D eigenvalue weighted by atomic mass is 10.3. The minimum Gasteiger partial charge on any atom is -0.486 e. The molecule has 1 aliphatic carbocycles. The molecule has 0 aromatic carbocycles. The number of nitrogens with zero attached hydrogens (tertiary/aromatic N) is 2. The topological polar surface area (TPSA) is 37.4 Å². The van der Waals surface area contributed by atoms with Gasteiger partial charge in [0.1, 0.15) is 0 Å². The van der Waals surface area contributed by atoms with Gasteiger partial charge in [-0.25, -0.2) is 4.98 Å². The van der Waals surface area contributed by atoms with Crippen LogP contribution in [0.4, 0.5) is 11.5 Å². The summed E-state index contributed by atoms with van der Waals surface area (Å²) in [7, 11) is 5.83. The van der Waals surface area contributed by atoms with Gasteiger partial charge in [0, 0.05) is 27.2 Å². The van der Waals surface area contributed by atoms with Crippen molar-refractivity contribution in [2.24, 2.45) is 0 Å². The molecule has 1 saturated carbocycles. The van der Waals surface area contributed by atoms with Crippen molar-refractivity contribution in [2.75, 3.05) is 31.4 Å². The summed E-state index contributed by atoms with van der Waals surface area (Å²) in [5.41, 5.74) is 0.983. The molecule has 1 aromatic heterocycles. The quantitative estimate of drug-likeness (QED) is 0.816. The summed E-state index contributed by atoms with van der Waals surface area (Å²) in [5.74, 6) is 1.76. The van der Waals surface area contributed by atoms with Gasteiger partial charge in [-0.15, -0.1) is 0 Å². The number of ether oxygens (including phenoxy) is 1. The highest BCUT2D eigenvalue weighted by molar-refractivity contribution is 5.58. The van der Waals surface area contributed by atoms with Crippen LogP contribution in [-0.2, 0) is 0 Å². The Balaban J connectivity index is 2.26. The molecule has 0 unspecified atom stereocenters. The molecule has 4 heteroatoms. The van der Waals surface area contributed by atoms with E-state index in [1.165, 1.54) is 0 Å². The number of hydrogen-bond donors (Lipinski definition) is 1. The summed E-state index contributed by atoms with van der Waals surface area (Å²) < 4.78 is 5.82. The third-order valence-corrected chi connectivity index (χ3v) is 2.36. The van der Waals surface area contributed by atoms with Crippen molar-refractivity contribution < 1.29 is 4.74 Å². The lowest BCUT2D eigenvalue weighted by molar-refractivity contribution is 0.303. The third kappa shape index (κ3) is 2.32. The van der Waals surface area contributed by atoms with Crippen LogP contribution in [0, 0.1) is 0 Å². The largest absolute Gasteiger partial charge is 0.486 e. The van der Waals surface area contributed by atoms with E-state index >= 15 is 0 Å². The van der Waals surface area contributed by atoms with E-state index < -0.39 is 0 Å². The first kappa shape index (κ1) is 10.1. The second kappa shape index (κ2) is 3.96. The maximum absolute atomic E-state index is 5.82. The normalized spacial score (nSPS) is 14.9. The predicted octanol–water partition coefficient (Wildman–Crippen LogP) is 1.73. The van der Waals surface area contributed by atoms with Gasteiger partial charge >= 0.3 is 0 Å². The summed E-state index contributed by atoms with van der Waals surface area (Å²) in [6.07, 6.45) is 4.54. The Morgan fingerprint density at radius 3 is 2.73 bits per heavy atom. The van der Waals surface area contributed by atoms with Gasteiger partial charge in [0.2, 0.25) is 0 Å². The molecule has 0 spiro atoms. The van der Waals surface area contributed by atoms with Crippen molar-refractivity contribution in [3.63, 3.8) is 0 Å². The molecular formula is C11H17N3O. The first-order chi connectivity index (χ1) is 7.20. The Morgan fingerprint density at radius 2 is 2.20 bits per heavy atom. The summed E-state index contributed by atoms with van der Waals surface area (Å²) >= 11 is 0. The smallest absolute Gasteiger partial charge is 0.171 e. The van der Waals surface area contributed by atoms with Crippen LogP contribution in [0.2, 0.25) is 0 Å². The van der Waals surface area contributed by atoms with Crippen LogP contribution < -0.4 is 15.0 Å². The van der Waals surface area contributed by atoms with Crippen molar-refractivity contribution in [1.29, 1.82) is 0 Å². The van der Waals surface area contributed by atoms with Crippen LogP contribution in [0.3, 0.4) is 0 Å². The number of rotatable bonds is 4. The molecule has 0 saturated heterocycles. The highest BCUT2D eigenvalue weighted by Gasteiger charge is 2.25. The van der Waals surface area contributed by atoms with Crippen molar-refractivity contribution in [3.8, 4) is 5.75 Å². The molecule has 1 aromatic rings. The second-order valence-electron chi connectivity index (χ2n) is 4.01. The Bertz CT molecular complexity index is 348. The highest BCUT2D eigenvalue weighted by Crippen LogP contribution is 2.33. The number of hydrogen-bond acceptors (Lipinski definition) is 4. The van der Waals surface area contributed by atoms with Crippen LogP contribution in [0.15, 0.2) is 12.3 Å². The SMILES string of the molecule is CNc1cnc(N(C)C)c(OC2CC2)c1. The lowest BCUT2D eigenvalue weighted by Gasteiger charge is -2.17. The monoisotopic (exact) mass is 207 g/mol. The number of nitrogens with one attached hydrogen (secondary N) is 1. The minimum absolute atomic E-state index is 0.401. The van der Waals surface area contributed by atoms with E-state index in [1.54, 1.807) is 0 Å². The molecule has 15 heavy (non-hydrogen) atoms. The van der Waals surface area contributed by atoms with Crippen molar-refractivity contribution in [1.82, 2.24) is 4.98 Å². The van der Waals surface area contributed by atoms with Gasteiger partial charge < -0.3 is 15.0 Å². The molecule has 0 amide bonds. The average molecular weight is 207 g/mol.